The Bertz CT molecular complexity index is 684. The van der Waals surface area contributed by atoms with E-state index < -0.39 is 6.04 Å². The first kappa shape index (κ1) is 17.8. The predicted octanol–water partition coefficient (Wildman–Crippen LogP) is 1.40. The number of carbonyl (C=O) groups is 1. The van der Waals surface area contributed by atoms with E-state index in [1.807, 2.05) is 38.4 Å². The maximum Gasteiger partial charge on any atom is 0.242 e. The first-order valence-electron chi connectivity index (χ1n) is 7.82. The van der Waals surface area contributed by atoms with Crippen LogP contribution < -0.4 is 20.1 Å². The Balaban J connectivity index is 2.02. The average molecular weight is 332 g/mol. The molecule has 2 rings (SSSR count). The number of nitrogens with zero attached hydrogens (tertiary/aromatic N) is 2. The molecule has 2 N–H and O–H groups in total. The van der Waals surface area contributed by atoms with Crippen molar-refractivity contribution < 1.29 is 14.3 Å². The van der Waals surface area contributed by atoms with Crippen LogP contribution in [-0.4, -0.2) is 36.5 Å². The lowest BCUT2D eigenvalue weighted by Gasteiger charge is -2.15. The van der Waals surface area contributed by atoms with Crippen LogP contribution in [0, 0.1) is 0 Å². The van der Waals surface area contributed by atoms with Gasteiger partial charge in [0.2, 0.25) is 5.91 Å². The third kappa shape index (κ3) is 4.26. The Hall–Kier alpha value is -2.54. The zero-order chi connectivity index (χ0) is 17.5. The van der Waals surface area contributed by atoms with E-state index in [1.54, 1.807) is 25.0 Å². The fourth-order valence-corrected chi connectivity index (χ4v) is 2.43. The van der Waals surface area contributed by atoms with Crippen LogP contribution >= 0.6 is 0 Å². The van der Waals surface area contributed by atoms with Crippen LogP contribution in [0.3, 0.4) is 0 Å². The van der Waals surface area contributed by atoms with E-state index in [0.717, 1.165) is 11.1 Å². The Morgan fingerprint density at radius 3 is 2.75 bits per heavy atom. The summed E-state index contributed by atoms with van der Waals surface area (Å²) in [4.78, 5) is 12.4. The van der Waals surface area contributed by atoms with Gasteiger partial charge in [-0.25, -0.2) is 0 Å². The number of likely N-dealkylation sites (N-methyl/N-ethyl adjacent to an activating group) is 1. The van der Waals surface area contributed by atoms with Crippen LogP contribution in [0.15, 0.2) is 30.6 Å². The van der Waals surface area contributed by atoms with E-state index in [4.69, 9.17) is 9.47 Å². The molecule has 0 radical (unpaired) electrons. The summed E-state index contributed by atoms with van der Waals surface area (Å²) in [6.07, 6.45) is 3.50. The molecular formula is C17H24N4O3. The molecule has 0 aliphatic rings. The molecule has 0 spiro atoms. The molecule has 24 heavy (non-hydrogen) atoms. The van der Waals surface area contributed by atoms with Gasteiger partial charge in [0.1, 0.15) is 6.04 Å². The smallest absolute Gasteiger partial charge is 0.242 e. The van der Waals surface area contributed by atoms with Crippen molar-refractivity contribution in [2.45, 2.75) is 19.5 Å². The number of carbonyl (C=O) groups excluding carboxylic acids is 1. The SMILES string of the molecule is CCOc1ccc(CNC(=O)C(NC)c2cnn(C)c2)cc1OC. The van der Waals surface area contributed by atoms with Crippen LogP contribution in [-0.2, 0) is 18.4 Å². The van der Waals surface area contributed by atoms with Gasteiger partial charge < -0.3 is 20.1 Å². The van der Waals surface area contributed by atoms with Gasteiger partial charge in [0.05, 0.1) is 19.9 Å². The van der Waals surface area contributed by atoms with Crippen LogP contribution in [0.1, 0.15) is 24.1 Å². The average Bonchev–Trinajstić information content (AvgIpc) is 3.01. The number of hydrogen-bond donors (Lipinski definition) is 2. The Kier molecular flexibility index (Phi) is 6.20. The number of rotatable bonds is 8. The van der Waals surface area contributed by atoms with Crippen molar-refractivity contribution in [3.8, 4) is 11.5 Å². The summed E-state index contributed by atoms with van der Waals surface area (Å²) in [7, 11) is 5.16. The van der Waals surface area contributed by atoms with Gasteiger partial charge in [0, 0.05) is 25.4 Å². The molecule has 1 aromatic carbocycles. The molecule has 7 nitrogen and oxygen atoms in total. The summed E-state index contributed by atoms with van der Waals surface area (Å²) in [5.74, 6) is 1.23. The van der Waals surface area contributed by atoms with Crippen LogP contribution in [0.25, 0.3) is 0 Å². The molecule has 7 heteroatoms. The van der Waals surface area contributed by atoms with Crippen molar-refractivity contribution in [3.63, 3.8) is 0 Å². The maximum atomic E-state index is 12.4. The number of benzene rings is 1. The van der Waals surface area contributed by atoms with Crippen LogP contribution in [0.5, 0.6) is 11.5 Å². The standard InChI is InChI=1S/C17H24N4O3/c1-5-24-14-7-6-12(8-15(14)23-4)9-19-17(22)16(18-2)13-10-20-21(3)11-13/h6-8,10-11,16,18H,5,9H2,1-4H3,(H,19,22). The third-order valence-electron chi connectivity index (χ3n) is 3.60. The molecule has 0 saturated carbocycles. The fraction of sp³-hybridized carbons (Fsp3) is 0.412. The first-order valence-corrected chi connectivity index (χ1v) is 7.82. The van der Waals surface area contributed by atoms with Gasteiger partial charge in [-0.1, -0.05) is 6.07 Å². The minimum Gasteiger partial charge on any atom is -0.493 e. The number of aryl methyl sites for hydroxylation is 1. The lowest BCUT2D eigenvalue weighted by atomic mass is 10.1. The van der Waals surface area contributed by atoms with E-state index >= 15 is 0 Å². The van der Waals surface area contributed by atoms with Crippen molar-refractivity contribution in [1.29, 1.82) is 0 Å². The third-order valence-corrected chi connectivity index (χ3v) is 3.60. The topological polar surface area (TPSA) is 77.4 Å². The molecule has 0 fully saturated rings. The summed E-state index contributed by atoms with van der Waals surface area (Å²) < 4.78 is 12.5. The second-order valence-electron chi connectivity index (χ2n) is 5.31. The lowest BCUT2D eigenvalue weighted by molar-refractivity contribution is -0.123. The quantitative estimate of drug-likeness (QED) is 0.764. The van der Waals surface area contributed by atoms with Crippen molar-refractivity contribution in [2.75, 3.05) is 20.8 Å². The predicted molar refractivity (Wildman–Crippen MR) is 91.0 cm³/mol. The minimum atomic E-state index is -0.441. The summed E-state index contributed by atoms with van der Waals surface area (Å²) in [5.41, 5.74) is 1.76. The zero-order valence-corrected chi connectivity index (χ0v) is 14.5. The fourth-order valence-electron chi connectivity index (χ4n) is 2.43. The van der Waals surface area contributed by atoms with Crippen LogP contribution in [0.4, 0.5) is 0 Å². The number of nitrogens with one attached hydrogen (secondary N) is 2. The number of hydrogen-bond acceptors (Lipinski definition) is 5. The summed E-state index contributed by atoms with van der Waals surface area (Å²) >= 11 is 0. The number of aromatic nitrogens is 2. The lowest BCUT2D eigenvalue weighted by Crippen LogP contribution is -2.35. The van der Waals surface area contributed by atoms with Crippen LogP contribution in [0.2, 0.25) is 0 Å². The monoisotopic (exact) mass is 332 g/mol. The molecular weight excluding hydrogens is 308 g/mol. The van der Waals surface area contributed by atoms with E-state index in [0.29, 0.717) is 24.7 Å². The summed E-state index contributed by atoms with van der Waals surface area (Å²) in [5, 5.41) is 10.0. The highest BCUT2D eigenvalue weighted by molar-refractivity contribution is 5.83. The van der Waals surface area contributed by atoms with E-state index in [9.17, 15) is 4.79 Å². The van der Waals surface area contributed by atoms with E-state index in [-0.39, 0.29) is 5.91 Å². The molecule has 1 heterocycles. The van der Waals surface area contributed by atoms with Gasteiger partial charge in [-0.2, -0.15) is 5.10 Å². The van der Waals surface area contributed by atoms with Gasteiger partial charge >= 0.3 is 0 Å². The molecule has 2 aromatic rings. The molecule has 0 aliphatic heterocycles. The van der Waals surface area contributed by atoms with Crippen molar-refractivity contribution in [3.05, 3.63) is 41.7 Å². The van der Waals surface area contributed by atoms with Crippen molar-refractivity contribution >= 4 is 5.91 Å². The molecule has 130 valence electrons. The van der Waals surface area contributed by atoms with Gasteiger partial charge in [0.15, 0.2) is 11.5 Å². The molecule has 0 saturated heterocycles. The Labute approximate surface area is 142 Å². The van der Waals surface area contributed by atoms with Gasteiger partial charge in [-0.05, 0) is 31.7 Å². The molecule has 1 unspecified atom stereocenters. The molecule has 1 atom stereocenters. The van der Waals surface area contributed by atoms with Crippen molar-refractivity contribution in [2.24, 2.45) is 7.05 Å². The summed E-state index contributed by atoms with van der Waals surface area (Å²) in [6, 6.07) is 5.18. The Morgan fingerprint density at radius 2 is 2.17 bits per heavy atom. The van der Waals surface area contributed by atoms with E-state index in [2.05, 4.69) is 15.7 Å². The van der Waals surface area contributed by atoms with Crippen molar-refractivity contribution in [1.82, 2.24) is 20.4 Å². The second kappa shape index (κ2) is 8.35. The number of amides is 1. The van der Waals surface area contributed by atoms with Gasteiger partial charge in [-0.15, -0.1) is 0 Å². The maximum absolute atomic E-state index is 12.4. The molecule has 0 bridgehead atoms. The minimum absolute atomic E-state index is 0.113. The highest BCUT2D eigenvalue weighted by Crippen LogP contribution is 2.28. The normalized spacial score (nSPS) is 11.8. The largest absolute Gasteiger partial charge is 0.493 e. The highest BCUT2D eigenvalue weighted by atomic mass is 16.5. The van der Waals surface area contributed by atoms with Gasteiger partial charge in [-0.3, -0.25) is 9.48 Å². The zero-order valence-electron chi connectivity index (χ0n) is 14.5. The first-order chi connectivity index (χ1) is 11.6. The Morgan fingerprint density at radius 1 is 1.38 bits per heavy atom. The second-order valence-corrected chi connectivity index (χ2v) is 5.31. The van der Waals surface area contributed by atoms with Gasteiger partial charge in [0.25, 0.3) is 0 Å². The molecule has 1 amide bonds. The highest BCUT2D eigenvalue weighted by Gasteiger charge is 2.19. The van der Waals surface area contributed by atoms with E-state index in [1.165, 1.54) is 0 Å². The number of methoxy groups -OCH3 is 1. The summed E-state index contributed by atoms with van der Waals surface area (Å²) in [6.45, 7) is 2.89. The molecule has 1 aromatic heterocycles. The number of ether oxygens (including phenoxy) is 2. The molecule has 0 aliphatic carbocycles.